The lowest BCUT2D eigenvalue weighted by atomic mass is 9.95. The van der Waals surface area contributed by atoms with Crippen molar-refractivity contribution in [1.29, 1.82) is 0 Å². The molecule has 1 unspecified atom stereocenters. The number of anilines is 2. The van der Waals surface area contributed by atoms with Crippen LogP contribution in [0.4, 0.5) is 11.4 Å². The highest BCUT2D eigenvalue weighted by Gasteiger charge is 2.08. The standard InChI is InChI=1S/C18H18N2.C2H6/c19-16-6-4-5-15(13-16)14-9-11-18(12-10-14)20-17-7-2-1-3-8-17;1-2/h1-12,16,20H,13,19H2;1-2H3. The summed E-state index contributed by atoms with van der Waals surface area (Å²) in [7, 11) is 0. The van der Waals surface area contributed by atoms with Crippen molar-refractivity contribution < 1.29 is 0 Å². The molecule has 0 spiro atoms. The predicted molar refractivity (Wildman–Crippen MR) is 97.2 cm³/mol. The Morgan fingerprint density at radius 1 is 0.909 bits per heavy atom. The van der Waals surface area contributed by atoms with Crippen LogP contribution >= 0.6 is 0 Å². The number of para-hydroxylation sites is 1. The van der Waals surface area contributed by atoms with Crippen LogP contribution in [0.1, 0.15) is 25.8 Å². The van der Waals surface area contributed by atoms with E-state index in [2.05, 4.69) is 47.8 Å². The molecule has 2 heteroatoms. The molecule has 0 bridgehead atoms. The predicted octanol–water partition coefficient (Wildman–Crippen LogP) is 5.13. The van der Waals surface area contributed by atoms with Crippen LogP contribution in [0, 0.1) is 0 Å². The maximum Gasteiger partial charge on any atom is 0.0384 e. The molecule has 0 heterocycles. The molecule has 2 aromatic carbocycles. The van der Waals surface area contributed by atoms with E-state index >= 15 is 0 Å². The van der Waals surface area contributed by atoms with E-state index in [-0.39, 0.29) is 6.04 Å². The van der Waals surface area contributed by atoms with E-state index in [0.29, 0.717) is 0 Å². The van der Waals surface area contributed by atoms with Gasteiger partial charge < -0.3 is 11.1 Å². The van der Waals surface area contributed by atoms with Crippen LogP contribution in [0.15, 0.2) is 72.8 Å². The van der Waals surface area contributed by atoms with Gasteiger partial charge in [-0.2, -0.15) is 0 Å². The van der Waals surface area contributed by atoms with Crippen LogP contribution < -0.4 is 11.1 Å². The van der Waals surface area contributed by atoms with Gasteiger partial charge in [0.15, 0.2) is 0 Å². The Hall–Kier alpha value is -2.32. The van der Waals surface area contributed by atoms with Crippen LogP contribution in [0.3, 0.4) is 0 Å². The summed E-state index contributed by atoms with van der Waals surface area (Å²) < 4.78 is 0. The first-order valence-electron chi connectivity index (χ1n) is 7.87. The van der Waals surface area contributed by atoms with Crippen LogP contribution in [0.2, 0.25) is 0 Å². The zero-order valence-corrected chi connectivity index (χ0v) is 13.3. The van der Waals surface area contributed by atoms with Gasteiger partial charge in [-0.05, 0) is 41.8 Å². The minimum absolute atomic E-state index is 0.136. The van der Waals surface area contributed by atoms with Crippen molar-refractivity contribution in [3.05, 3.63) is 78.4 Å². The molecule has 0 fully saturated rings. The fraction of sp³-hybridized carbons (Fsp3) is 0.200. The number of nitrogens with one attached hydrogen (secondary N) is 1. The third-order valence-electron chi connectivity index (χ3n) is 3.43. The van der Waals surface area contributed by atoms with Gasteiger partial charge in [-0.3, -0.25) is 0 Å². The highest BCUT2D eigenvalue weighted by Crippen LogP contribution is 2.25. The first-order chi connectivity index (χ1) is 10.8. The lowest BCUT2D eigenvalue weighted by Crippen LogP contribution is -2.18. The van der Waals surface area contributed by atoms with E-state index in [1.165, 1.54) is 11.1 Å². The molecule has 2 aromatic rings. The van der Waals surface area contributed by atoms with E-state index in [1.54, 1.807) is 0 Å². The summed E-state index contributed by atoms with van der Waals surface area (Å²) in [6, 6.07) is 18.8. The van der Waals surface area contributed by atoms with Crippen LogP contribution in [-0.2, 0) is 0 Å². The van der Waals surface area contributed by atoms with Gasteiger partial charge in [0.05, 0.1) is 0 Å². The Bertz CT molecular complexity index is 625. The normalized spacial score (nSPS) is 16.3. The summed E-state index contributed by atoms with van der Waals surface area (Å²) in [5.41, 5.74) is 10.7. The van der Waals surface area contributed by atoms with Crippen LogP contribution in [0.25, 0.3) is 5.57 Å². The van der Waals surface area contributed by atoms with Gasteiger partial charge in [-0.1, -0.05) is 62.4 Å². The number of allylic oxidation sites excluding steroid dienone is 2. The van der Waals surface area contributed by atoms with E-state index in [0.717, 1.165) is 17.8 Å². The maximum atomic E-state index is 5.95. The third-order valence-corrected chi connectivity index (χ3v) is 3.43. The Morgan fingerprint density at radius 2 is 1.55 bits per heavy atom. The Labute approximate surface area is 133 Å². The molecule has 0 aromatic heterocycles. The molecule has 1 atom stereocenters. The van der Waals surface area contributed by atoms with E-state index < -0.39 is 0 Å². The van der Waals surface area contributed by atoms with Gasteiger partial charge in [-0.25, -0.2) is 0 Å². The van der Waals surface area contributed by atoms with Gasteiger partial charge in [-0.15, -0.1) is 0 Å². The highest BCUT2D eigenvalue weighted by molar-refractivity contribution is 5.71. The molecule has 2 nitrogen and oxygen atoms in total. The number of rotatable bonds is 3. The maximum absolute atomic E-state index is 5.95. The van der Waals surface area contributed by atoms with E-state index in [1.807, 2.05) is 44.2 Å². The summed E-state index contributed by atoms with van der Waals surface area (Å²) in [6.45, 7) is 4.00. The molecule has 3 rings (SSSR count). The number of nitrogens with two attached hydrogens (primary N) is 1. The molecule has 1 aliphatic rings. The van der Waals surface area contributed by atoms with Crippen molar-refractivity contribution in [2.24, 2.45) is 5.73 Å². The van der Waals surface area contributed by atoms with Crippen molar-refractivity contribution >= 4 is 16.9 Å². The minimum atomic E-state index is 0.136. The first kappa shape index (κ1) is 16.1. The summed E-state index contributed by atoms with van der Waals surface area (Å²) in [5.74, 6) is 0. The molecule has 0 saturated carbocycles. The van der Waals surface area contributed by atoms with Crippen molar-refractivity contribution in [2.75, 3.05) is 5.32 Å². The first-order valence-corrected chi connectivity index (χ1v) is 7.87. The zero-order valence-electron chi connectivity index (χ0n) is 13.3. The summed E-state index contributed by atoms with van der Waals surface area (Å²) in [6.07, 6.45) is 7.12. The molecule has 0 amide bonds. The van der Waals surface area contributed by atoms with Gasteiger partial charge in [0.2, 0.25) is 0 Å². The fourth-order valence-electron chi connectivity index (χ4n) is 2.37. The van der Waals surface area contributed by atoms with Gasteiger partial charge in [0.25, 0.3) is 0 Å². The largest absolute Gasteiger partial charge is 0.356 e. The van der Waals surface area contributed by atoms with Crippen molar-refractivity contribution in [3.8, 4) is 0 Å². The Morgan fingerprint density at radius 3 is 2.18 bits per heavy atom. The second-order valence-electron chi connectivity index (χ2n) is 5.01. The molecule has 22 heavy (non-hydrogen) atoms. The Kier molecular flexibility index (Phi) is 5.99. The summed E-state index contributed by atoms with van der Waals surface area (Å²) in [4.78, 5) is 0. The topological polar surface area (TPSA) is 38.0 Å². The monoisotopic (exact) mass is 292 g/mol. The van der Waals surface area contributed by atoms with Gasteiger partial charge in [0, 0.05) is 17.4 Å². The number of hydrogen-bond donors (Lipinski definition) is 2. The van der Waals surface area contributed by atoms with E-state index in [4.69, 9.17) is 5.73 Å². The van der Waals surface area contributed by atoms with Crippen molar-refractivity contribution in [1.82, 2.24) is 0 Å². The van der Waals surface area contributed by atoms with E-state index in [9.17, 15) is 0 Å². The summed E-state index contributed by atoms with van der Waals surface area (Å²) >= 11 is 0. The molecule has 1 aliphatic carbocycles. The summed E-state index contributed by atoms with van der Waals surface area (Å²) in [5, 5.41) is 3.38. The van der Waals surface area contributed by atoms with Crippen LogP contribution in [0.5, 0.6) is 0 Å². The molecular formula is C20H24N2. The molecule has 0 radical (unpaired) electrons. The van der Waals surface area contributed by atoms with Gasteiger partial charge in [0.1, 0.15) is 0 Å². The van der Waals surface area contributed by atoms with Crippen molar-refractivity contribution in [2.45, 2.75) is 26.3 Å². The number of benzene rings is 2. The highest BCUT2D eigenvalue weighted by atomic mass is 14.9. The minimum Gasteiger partial charge on any atom is -0.356 e. The second kappa shape index (κ2) is 8.20. The lowest BCUT2D eigenvalue weighted by molar-refractivity contribution is 0.838. The molecule has 3 N–H and O–H groups in total. The lowest BCUT2D eigenvalue weighted by Gasteiger charge is -2.15. The second-order valence-corrected chi connectivity index (χ2v) is 5.01. The van der Waals surface area contributed by atoms with Crippen molar-refractivity contribution in [3.63, 3.8) is 0 Å². The fourth-order valence-corrected chi connectivity index (χ4v) is 2.37. The van der Waals surface area contributed by atoms with Crippen LogP contribution in [-0.4, -0.2) is 6.04 Å². The van der Waals surface area contributed by atoms with Gasteiger partial charge >= 0.3 is 0 Å². The Balaban J connectivity index is 0.000000847. The molecule has 114 valence electrons. The number of hydrogen-bond acceptors (Lipinski definition) is 2. The SMILES string of the molecule is CC.NC1C=CC=C(c2ccc(Nc3ccccc3)cc2)C1. The molecule has 0 aliphatic heterocycles. The zero-order chi connectivity index (χ0) is 15.8. The molecule has 0 saturated heterocycles. The third kappa shape index (κ3) is 4.34. The molecular weight excluding hydrogens is 268 g/mol. The quantitative estimate of drug-likeness (QED) is 0.823. The average molecular weight is 292 g/mol. The average Bonchev–Trinajstić information content (AvgIpc) is 2.58. The smallest absolute Gasteiger partial charge is 0.0384 e.